The Morgan fingerprint density at radius 3 is 2.29 bits per heavy atom. The Morgan fingerprint density at radius 2 is 1.71 bits per heavy atom. The molecule has 2 fully saturated rings. The van der Waals surface area contributed by atoms with E-state index in [0.29, 0.717) is 13.2 Å². The molecular formula is C9H15IO4. The third kappa shape index (κ3) is 2.06. The molecule has 4 nitrogen and oxygen atoms in total. The molecule has 82 valence electrons. The van der Waals surface area contributed by atoms with Gasteiger partial charge < -0.3 is 17.3 Å². The van der Waals surface area contributed by atoms with Crippen molar-refractivity contribution in [1.82, 2.24) is 0 Å². The number of rotatable bonds is 3. The van der Waals surface area contributed by atoms with Crippen LogP contribution in [0.2, 0.25) is 0 Å². The smallest absolute Gasteiger partial charge is 0.122 e. The van der Waals surface area contributed by atoms with E-state index in [1.165, 1.54) is 0 Å². The van der Waals surface area contributed by atoms with Crippen LogP contribution in [0.1, 0.15) is 13.8 Å². The van der Waals surface area contributed by atoms with Crippen molar-refractivity contribution in [3.05, 3.63) is 0 Å². The maximum atomic E-state index is 5.71. The number of fused-ring (bicyclic) bond motifs is 1. The normalized spacial score (nSPS) is 42.0. The topological polar surface area (TPSA) is 36.9 Å². The van der Waals surface area contributed by atoms with Gasteiger partial charge in [0, 0.05) is 0 Å². The van der Waals surface area contributed by atoms with Gasteiger partial charge in [0.25, 0.3) is 0 Å². The summed E-state index contributed by atoms with van der Waals surface area (Å²) in [5.41, 5.74) is 0. The third-order valence-corrected chi connectivity index (χ3v) is 3.18. The average Bonchev–Trinajstić information content (AvgIpc) is 2.67. The Labute approximate surface area is 97.9 Å². The number of hydrogen-bond acceptors (Lipinski definition) is 4. The van der Waals surface area contributed by atoms with E-state index in [2.05, 4.69) is 0 Å². The average molecular weight is 314 g/mol. The summed E-state index contributed by atoms with van der Waals surface area (Å²) in [6, 6.07) is 0. The maximum Gasteiger partial charge on any atom is 0.122 e. The van der Waals surface area contributed by atoms with E-state index in [1.807, 2.05) is 36.9 Å². The second-order valence-corrected chi connectivity index (χ2v) is 4.46. The SMILES string of the molecule is CC(C)O[C@@H]1CO[C@H]2[C@@H]1OC[C@H]2OI. The summed E-state index contributed by atoms with van der Waals surface area (Å²) in [7, 11) is 0. The van der Waals surface area contributed by atoms with E-state index in [1.54, 1.807) is 0 Å². The second kappa shape index (κ2) is 4.61. The van der Waals surface area contributed by atoms with Gasteiger partial charge in [0.05, 0.1) is 19.3 Å². The van der Waals surface area contributed by atoms with Gasteiger partial charge in [-0.15, -0.1) is 0 Å². The highest BCUT2D eigenvalue weighted by Gasteiger charge is 2.49. The maximum absolute atomic E-state index is 5.71. The molecule has 0 saturated carbocycles. The van der Waals surface area contributed by atoms with Crippen LogP contribution in [0.5, 0.6) is 0 Å². The molecule has 0 unspecified atom stereocenters. The largest absolute Gasteiger partial charge is 0.370 e. The highest BCUT2D eigenvalue weighted by Crippen LogP contribution is 2.31. The molecule has 0 N–H and O–H groups in total. The van der Waals surface area contributed by atoms with Crippen LogP contribution in [0.4, 0.5) is 0 Å². The van der Waals surface area contributed by atoms with Crippen LogP contribution in [-0.4, -0.2) is 43.7 Å². The van der Waals surface area contributed by atoms with Crippen molar-refractivity contribution in [2.24, 2.45) is 0 Å². The predicted molar refractivity (Wildman–Crippen MR) is 58.4 cm³/mol. The summed E-state index contributed by atoms with van der Waals surface area (Å²) in [6.45, 7) is 5.27. The van der Waals surface area contributed by atoms with Gasteiger partial charge >= 0.3 is 0 Å². The molecule has 0 bridgehead atoms. The number of ether oxygens (including phenoxy) is 3. The van der Waals surface area contributed by atoms with Crippen LogP contribution < -0.4 is 0 Å². The van der Waals surface area contributed by atoms with Gasteiger partial charge in [0.2, 0.25) is 0 Å². The second-order valence-electron chi connectivity index (χ2n) is 3.95. The van der Waals surface area contributed by atoms with E-state index >= 15 is 0 Å². The third-order valence-electron chi connectivity index (χ3n) is 2.52. The molecule has 0 amide bonds. The molecular weight excluding hydrogens is 299 g/mol. The van der Waals surface area contributed by atoms with E-state index in [9.17, 15) is 0 Å². The van der Waals surface area contributed by atoms with Gasteiger partial charge in [-0.1, -0.05) is 0 Å². The zero-order valence-corrected chi connectivity index (χ0v) is 10.5. The predicted octanol–water partition coefficient (Wildman–Crippen LogP) is 1.31. The summed E-state index contributed by atoms with van der Waals surface area (Å²) in [5.74, 6) is 0. The van der Waals surface area contributed by atoms with Crippen molar-refractivity contribution in [2.75, 3.05) is 13.2 Å². The lowest BCUT2D eigenvalue weighted by Gasteiger charge is -2.18. The Balaban J connectivity index is 1.94. The fourth-order valence-corrected chi connectivity index (χ4v) is 2.41. The van der Waals surface area contributed by atoms with E-state index in [4.69, 9.17) is 17.3 Å². The lowest BCUT2D eigenvalue weighted by Crippen LogP contribution is -2.34. The first-order valence-corrected chi connectivity index (χ1v) is 5.76. The van der Waals surface area contributed by atoms with Gasteiger partial charge in [0.1, 0.15) is 47.4 Å². The van der Waals surface area contributed by atoms with Gasteiger partial charge in [-0.05, 0) is 13.8 Å². The lowest BCUT2D eigenvalue weighted by atomic mass is 10.1. The lowest BCUT2D eigenvalue weighted by molar-refractivity contribution is -0.0590. The first-order chi connectivity index (χ1) is 6.72. The van der Waals surface area contributed by atoms with Crippen molar-refractivity contribution in [3.63, 3.8) is 0 Å². The van der Waals surface area contributed by atoms with Crippen LogP contribution in [0.25, 0.3) is 0 Å². The Hall–Kier alpha value is 0.570. The molecule has 4 atom stereocenters. The van der Waals surface area contributed by atoms with Gasteiger partial charge in [-0.3, -0.25) is 0 Å². The molecule has 2 heterocycles. The summed E-state index contributed by atoms with van der Waals surface area (Å²) < 4.78 is 22.2. The van der Waals surface area contributed by atoms with Crippen molar-refractivity contribution in [3.8, 4) is 0 Å². The zero-order valence-electron chi connectivity index (χ0n) is 8.31. The Bertz CT molecular complexity index is 199. The number of hydrogen-bond donors (Lipinski definition) is 0. The highest BCUT2D eigenvalue weighted by atomic mass is 127. The molecule has 2 aliphatic heterocycles. The minimum Gasteiger partial charge on any atom is -0.370 e. The summed E-state index contributed by atoms with van der Waals surface area (Å²) >= 11 is 1.90. The molecule has 0 aromatic rings. The molecule has 0 spiro atoms. The first-order valence-electron chi connectivity index (χ1n) is 4.88. The standard InChI is InChI=1S/C9H15IO4/c1-5(2)13-6-3-11-9-7(14-10)4-12-8(6)9/h5-9H,3-4H2,1-2H3/t6-,7-,8-,9-/m1/s1. The van der Waals surface area contributed by atoms with Crippen LogP contribution in [0, 0.1) is 0 Å². The van der Waals surface area contributed by atoms with Crippen molar-refractivity contribution in [1.29, 1.82) is 0 Å². The molecule has 0 aromatic heterocycles. The van der Waals surface area contributed by atoms with E-state index in [-0.39, 0.29) is 30.5 Å². The van der Waals surface area contributed by atoms with Gasteiger partial charge in [-0.2, -0.15) is 0 Å². The first kappa shape index (κ1) is 11.1. The summed E-state index contributed by atoms with van der Waals surface area (Å²) in [6.07, 6.45) is 0.441. The minimum atomic E-state index is 0.0515. The van der Waals surface area contributed by atoms with Crippen LogP contribution in [0.15, 0.2) is 0 Å². The highest BCUT2D eigenvalue weighted by molar-refractivity contribution is 14.1. The quantitative estimate of drug-likeness (QED) is 0.736. The fraction of sp³-hybridized carbons (Fsp3) is 1.00. The fourth-order valence-electron chi connectivity index (χ4n) is 1.97. The van der Waals surface area contributed by atoms with Gasteiger partial charge in [-0.25, -0.2) is 0 Å². The minimum absolute atomic E-state index is 0.0515. The Morgan fingerprint density at radius 1 is 1.14 bits per heavy atom. The molecule has 14 heavy (non-hydrogen) atoms. The van der Waals surface area contributed by atoms with Gasteiger partial charge in [0.15, 0.2) is 0 Å². The molecule has 2 rings (SSSR count). The molecule has 0 aliphatic carbocycles. The Kier molecular flexibility index (Phi) is 3.64. The monoisotopic (exact) mass is 314 g/mol. The van der Waals surface area contributed by atoms with Crippen molar-refractivity contribution < 1.29 is 17.3 Å². The van der Waals surface area contributed by atoms with E-state index < -0.39 is 0 Å². The van der Waals surface area contributed by atoms with Crippen LogP contribution in [0.3, 0.4) is 0 Å². The van der Waals surface area contributed by atoms with Crippen LogP contribution >= 0.6 is 23.0 Å². The molecule has 2 aliphatic rings. The molecule has 0 aromatic carbocycles. The summed E-state index contributed by atoms with van der Waals surface area (Å²) in [4.78, 5) is 0. The van der Waals surface area contributed by atoms with Crippen LogP contribution in [-0.2, 0) is 17.3 Å². The number of halogens is 1. The van der Waals surface area contributed by atoms with Crippen molar-refractivity contribution in [2.45, 2.75) is 44.4 Å². The molecule has 0 radical (unpaired) electrons. The molecule has 2 saturated heterocycles. The van der Waals surface area contributed by atoms with E-state index in [0.717, 1.165) is 0 Å². The zero-order chi connectivity index (χ0) is 10.1. The molecule has 5 heteroatoms. The van der Waals surface area contributed by atoms with Crippen molar-refractivity contribution >= 4 is 23.0 Å². The summed E-state index contributed by atoms with van der Waals surface area (Å²) in [5, 5.41) is 0.